The topological polar surface area (TPSA) is 12.0 Å². The molecule has 0 aliphatic heterocycles. The molecule has 0 radical (unpaired) electrons. The molecule has 0 aliphatic carbocycles. The Kier molecular flexibility index (Phi) is 3.23. The molecule has 0 spiro atoms. The lowest BCUT2D eigenvalue weighted by atomic mass is 10.3. The molecular formula is C11H9ClFNS. The second kappa shape index (κ2) is 4.64. The largest absolute Gasteiger partial charge is 0.379 e. The highest BCUT2D eigenvalue weighted by Crippen LogP contribution is 2.23. The average molecular weight is 242 g/mol. The molecule has 1 N–H and O–H groups in total. The van der Waals surface area contributed by atoms with Crippen LogP contribution in [0, 0.1) is 5.82 Å². The van der Waals surface area contributed by atoms with Gasteiger partial charge in [0.25, 0.3) is 0 Å². The lowest BCUT2D eigenvalue weighted by Gasteiger charge is -2.06. The van der Waals surface area contributed by atoms with Gasteiger partial charge in [-0.2, -0.15) is 0 Å². The summed E-state index contributed by atoms with van der Waals surface area (Å²) in [6.07, 6.45) is 0. The molecule has 1 nitrogen and oxygen atoms in total. The van der Waals surface area contributed by atoms with Crippen LogP contribution in [0.2, 0.25) is 5.02 Å². The van der Waals surface area contributed by atoms with Crippen LogP contribution in [0.1, 0.15) is 4.88 Å². The van der Waals surface area contributed by atoms with Crippen molar-refractivity contribution in [2.24, 2.45) is 0 Å². The van der Waals surface area contributed by atoms with E-state index in [-0.39, 0.29) is 5.82 Å². The number of thiophene rings is 1. The maximum atomic E-state index is 12.8. The zero-order chi connectivity index (χ0) is 10.7. The molecule has 78 valence electrons. The van der Waals surface area contributed by atoms with Gasteiger partial charge in [0.1, 0.15) is 5.82 Å². The molecule has 0 bridgehead atoms. The van der Waals surface area contributed by atoms with Crippen molar-refractivity contribution in [2.75, 3.05) is 5.32 Å². The first-order chi connectivity index (χ1) is 7.25. The SMILES string of the molecule is Fc1ccc(NCc2cccs2)c(Cl)c1. The third kappa shape index (κ3) is 2.70. The Hall–Kier alpha value is -1.06. The summed E-state index contributed by atoms with van der Waals surface area (Å²) in [7, 11) is 0. The summed E-state index contributed by atoms with van der Waals surface area (Å²) in [5.41, 5.74) is 0.756. The summed E-state index contributed by atoms with van der Waals surface area (Å²) in [6, 6.07) is 8.37. The van der Waals surface area contributed by atoms with Gasteiger partial charge in [-0.15, -0.1) is 11.3 Å². The fraction of sp³-hybridized carbons (Fsp3) is 0.0909. The molecule has 2 aromatic rings. The van der Waals surface area contributed by atoms with Gasteiger partial charge in [-0.1, -0.05) is 17.7 Å². The van der Waals surface area contributed by atoms with Gasteiger partial charge in [0, 0.05) is 11.4 Å². The van der Waals surface area contributed by atoms with E-state index >= 15 is 0 Å². The molecule has 1 heterocycles. The van der Waals surface area contributed by atoms with Crippen LogP contribution in [-0.4, -0.2) is 0 Å². The number of rotatable bonds is 3. The van der Waals surface area contributed by atoms with Crippen molar-refractivity contribution >= 4 is 28.6 Å². The fourth-order valence-electron chi connectivity index (χ4n) is 1.23. The molecule has 1 aromatic carbocycles. The molecule has 0 saturated carbocycles. The minimum Gasteiger partial charge on any atom is -0.379 e. The molecule has 0 saturated heterocycles. The van der Waals surface area contributed by atoms with Gasteiger partial charge >= 0.3 is 0 Å². The maximum Gasteiger partial charge on any atom is 0.124 e. The number of anilines is 1. The number of benzene rings is 1. The van der Waals surface area contributed by atoms with Crippen LogP contribution in [0.3, 0.4) is 0 Å². The van der Waals surface area contributed by atoms with Crippen LogP contribution in [-0.2, 0) is 6.54 Å². The molecule has 0 atom stereocenters. The summed E-state index contributed by atoms with van der Waals surface area (Å²) < 4.78 is 12.8. The van der Waals surface area contributed by atoms with E-state index in [0.717, 1.165) is 5.69 Å². The zero-order valence-corrected chi connectivity index (χ0v) is 9.41. The molecule has 15 heavy (non-hydrogen) atoms. The summed E-state index contributed by atoms with van der Waals surface area (Å²) in [5, 5.41) is 5.58. The van der Waals surface area contributed by atoms with Crippen molar-refractivity contribution in [1.82, 2.24) is 0 Å². The second-order valence-electron chi connectivity index (χ2n) is 3.06. The Morgan fingerprint density at radius 2 is 2.20 bits per heavy atom. The molecule has 0 amide bonds. The van der Waals surface area contributed by atoms with E-state index in [2.05, 4.69) is 5.32 Å². The van der Waals surface area contributed by atoms with Gasteiger partial charge in [-0.05, 0) is 29.6 Å². The third-order valence-corrected chi connectivity index (χ3v) is 3.15. The zero-order valence-electron chi connectivity index (χ0n) is 7.84. The summed E-state index contributed by atoms with van der Waals surface area (Å²) in [4.78, 5) is 1.22. The van der Waals surface area contributed by atoms with Crippen molar-refractivity contribution in [3.8, 4) is 0 Å². The monoisotopic (exact) mass is 241 g/mol. The van der Waals surface area contributed by atoms with E-state index < -0.39 is 0 Å². The molecule has 0 fully saturated rings. The summed E-state index contributed by atoms with van der Waals surface area (Å²) in [6.45, 7) is 0.711. The maximum absolute atomic E-state index is 12.8. The van der Waals surface area contributed by atoms with Crippen molar-refractivity contribution in [2.45, 2.75) is 6.54 Å². The van der Waals surface area contributed by atoms with Crippen LogP contribution in [0.5, 0.6) is 0 Å². The quantitative estimate of drug-likeness (QED) is 0.851. The summed E-state index contributed by atoms with van der Waals surface area (Å²) in [5.74, 6) is -0.318. The highest BCUT2D eigenvalue weighted by Gasteiger charge is 2.01. The fourth-order valence-corrected chi connectivity index (χ4v) is 2.11. The van der Waals surface area contributed by atoms with E-state index in [1.54, 1.807) is 17.4 Å². The minimum atomic E-state index is -0.318. The average Bonchev–Trinajstić information content (AvgIpc) is 2.69. The Balaban J connectivity index is 2.05. The van der Waals surface area contributed by atoms with Crippen molar-refractivity contribution in [1.29, 1.82) is 0 Å². The normalized spacial score (nSPS) is 10.3. The lowest BCUT2D eigenvalue weighted by molar-refractivity contribution is 0.628. The first-order valence-corrected chi connectivity index (χ1v) is 5.73. The van der Waals surface area contributed by atoms with Gasteiger partial charge in [0.2, 0.25) is 0 Å². The van der Waals surface area contributed by atoms with Crippen LogP contribution in [0.25, 0.3) is 0 Å². The number of nitrogens with one attached hydrogen (secondary N) is 1. The number of hydrogen-bond acceptors (Lipinski definition) is 2. The minimum absolute atomic E-state index is 0.318. The molecule has 0 unspecified atom stereocenters. The lowest BCUT2D eigenvalue weighted by Crippen LogP contribution is -1.98. The van der Waals surface area contributed by atoms with E-state index in [0.29, 0.717) is 11.6 Å². The molecular weight excluding hydrogens is 233 g/mol. The molecule has 4 heteroatoms. The van der Waals surface area contributed by atoms with Gasteiger partial charge < -0.3 is 5.32 Å². The molecule has 2 rings (SSSR count). The first-order valence-electron chi connectivity index (χ1n) is 4.47. The van der Waals surface area contributed by atoms with Crippen LogP contribution < -0.4 is 5.32 Å². The first kappa shape index (κ1) is 10.5. The Labute approximate surface area is 96.5 Å². The van der Waals surface area contributed by atoms with Gasteiger partial charge in [-0.3, -0.25) is 0 Å². The van der Waals surface area contributed by atoms with Crippen molar-refractivity contribution in [3.05, 3.63) is 51.4 Å². The van der Waals surface area contributed by atoms with Gasteiger partial charge in [0.15, 0.2) is 0 Å². The smallest absolute Gasteiger partial charge is 0.124 e. The Morgan fingerprint density at radius 1 is 1.33 bits per heavy atom. The van der Waals surface area contributed by atoms with Gasteiger partial charge in [-0.25, -0.2) is 4.39 Å². The van der Waals surface area contributed by atoms with Crippen molar-refractivity contribution < 1.29 is 4.39 Å². The second-order valence-corrected chi connectivity index (χ2v) is 4.50. The van der Waals surface area contributed by atoms with E-state index in [9.17, 15) is 4.39 Å². The predicted molar refractivity (Wildman–Crippen MR) is 63.1 cm³/mol. The number of hydrogen-bond donors (Lipinski definition) is 1. The van der Waals surface area contributed by atoms with E-state index in [4.69, 9.17) is 11.6 Å². The van der Waals surface area contributed by atoms with Crippen LogP contribution in [0.4, 0.5) is 10.1 Å². The third-order valence-electron chi connectivity index (χ3n) is 1.96. The Morgan fingerprint density at radius 3 is 2.87 bits per heavy atom. The van der Waals surface area contributed by atoms with E-state index in [1.165, 1.54) is 17.0 Å². The Bertz CT molecular complexity index is 442. The standard InChI is InChI=1S/C11H9ClFNS/c12-10-6-8(13)3-4-11(10)14-7-9-2-1-5-15-9/h1-6,14H,7H2. The van der Waals surface area contributed by atoms with E-state index in [1.807, 2.05) is 17.5 Å². The highest BCUT2D eigenvalue weighted by molar-refractivity contribution is 7.09. The molecule has 1 aromatic heterocycles. The predicted octanol–water partition coefficient (Wildman–Crippen LogP) is 4.15. The molecule has 0 aliphatic rings. The van der Waals surface area contributed by atoms with Crippen molar-refractivity contribution in [3.63, 3.8) is 0 Å². The highest BCUT2D eigenvalue weighted by atomic mass is 35.5. The van der Waals surface area contributed by atoms with Crippen LogP contribution >= 0.6 is 22.9 Å². The van der Waals surface area contributed by atoms with Crippen LogP contribution in [0.15, 0.2) is 35.7 Å². The van der Waals surface area contributed by atoms with Gasteiger partial charge in [0.05, 0.1) is 10.7 Å². The number of halogens is 2. The summed E-state index contributed by atoms with van der Waals surface area (Å²) >= 11 is 7.54.